The number of nitrogens with one attached hydrogen (secondary N) is 2. The van der Waals surface area contributed by atoms with E-state index in [1.54, 1.807) is 12.3 Å². The van der Waals surface area contributed by atoms with E-state index in [0.29, 0.717) is 17.3 Å². The fourth-order valence-electron chi connectivity index (χ4n) is 1.73. The molecule has 96 valence electrons. The first-order chi connectivity index (χ1) is 9.24. The van der Waals surface area contributed by atoms with Crippen LogP contribution in [0.25, 0.3) is 0 Å². The third-order valence-corrected chi connectivity index (χ3v) is 2.64. The van der Waals surface area contributed by atoms with Crippen LogP contribution < -0.4 is 10.6 Å². The molecule has 2 aromatic rings. The molecule has 0 saturated heterocycles. The van der Waals surface area contributed by atoms with Gasteiger partial charge in [-0.3, -0.25) is 0 Å². The van der Waals surface area contributed by atoms with Crippen LogP contribution in [0.2, 0.25) is 0 Å². The van der Waals surface area contributed by atoms with E-state index < -0.39 is 0 Å². The van der Waals surface area contributed by atoms with Crippen molar-refractivity contribution in [2.75, 3.05) is 17.2 Å². The van der Waals surface area contributed by atoms with Crippen molar-refractivity contribution >= 4 is 17.5 Å². The van der Waals surface area contributed by atoms with Gasteiger partial charge < -0.3 is 10.6 Å². The van der Waals surface area contributed by atoms with E-state index in [1.807, 2.05) is 32.0 Å². The average molecular weight is 253 g/mol. The molecule has 0 aliphatic carbocycles. The van der Waals surface area contributed by atoms with Crippen LogP contribution in [-0.4, -0.2) is 16.5 Å². The van der Waals surface area contributed by atoms with Gasteiger partial charge in [0.2, 0.25) is 5.95 Å². The minimum Gasteiger partial charge on any atom is -0.354 e. The molecule has 0 aliphatic heterocycles. The second kappa shape index (κ2) is 5.83. The Bertz CT molecular complexity index is 615. The van der Waals surface area contributed by atoms with Crippen molar-refractivity contribution in [3.05, 3.63) is 41.6 Å². The van der Waals surface area contributed by atoms with Crippen molar-refractivity contribution in [3.63, 3.8) is 0 Å². The molecule has 19 heavy (non-hydrogen) atoms. The molecule has 1 aromatic heterocycles. The highest BCUT2D eigenvalue weighted by Crippen LogP contribution is 2.22. The van der Waals surface area contributed by atoms with E-state index in [2.05, 4.69) is 26.7 Å². The number of benzene rings is 1. The third kappa shape index (κ3) is 2.99. The number of anilines is 3. The Balaban J connectivity index is 2.29. The van der Waals surface area contributed by atoms with Crippen LogP contribution in [-0.2, 0) is 0 Å². The van der Waals surface area contributed by atoms with Crippen LogP contribution >= 0.6 is 0 Å². The number of nitriles is 1. The summed E-state index contributed by atoms with van der Waals surface area (Å²) in [4.78, 5) is 8.42. The van der Waals surface area contributed by atoms with Crippen LogP contribution in [0, 0.1) is 18.3 Å². The predicted octanol–water partition coefficient (Wildman–Crippen LogP) is 2.83. The van der Waals surface area contributed by atoms with Crippen molar-refractivity contribution in [1.82, 2.24) is 9.97 Å². The lowest BCUT2D eigenvalue weighted by Gasteiger charge is -2.10. The highest BCUT2D eigenvalue weighted by molar-refractivity contribution is 5.66. The van der Waals surface area contributed by atoms with E-state index >= 15 is 0 Å². The molecule has 2 rings (SSSR count). The van der Waals surface area contributed by atoms with E-state index in [1.165, 1.54) is 0 Å². The molecule has 1 heterocycles. The summed E-state index contributed by atoms with van der Waals surface area (Å²) in [7, 11) is 0. The van der Waals surface area contributed by atoms with Gasteiger partial charge in [0.15, 0.2) is 0 Å². The van der Waals surface area contributed by atoms with Crippen molar-refractivity contribution in [1.29, 1.82) is 5.26 Å². The number of rotatable bonds is 4. The zero-order valence-corrected chi connectivity index (χ0v) is 10.9. The van der Waals surface area contributed by atoms with Crippen LogP contribution in [0.5, 0.6) is 0 Å². The lowest BCUT2D eigenvalue weighted by atomic mass is 10.1. The zero-order chi connectivity index (χ0) is 13.7. The standard InChI is InChI=1S/C14H15N5/c1-3-16-14-17-8-7-13(19-14)18-12-6-4-5-10(2)11(12)9-15/h4-8H,3H2,1-2H3,(H2,16,17,18,19). The number of aryl methyl sites for hydroxylation is 1. The number of hydrogen-bond acceptors (Lipinski definition) is 5. The van der Waals surface area contributed by atoms with Gasteiger partial charge in [0.1, 0.15) is 11.9 Å². The summed E-state index contributed by atoms with van der Waals surface area (Å²) in [6.45, 7) is 4.66. The number of aromatic nitrogens is 2. The second-order valence-electron chi connectivity index (χ2n) is 4.03. The molecular formula is C14H15N5. The fraction of sp³-hybridized carbons (Fsp3) is 0.214. The van der Waals surface area contributed by atoms with Gasteiger partial charge in [0.25, 0.3) is 0 Å². The van der Waals surface area contributed by atoms with Gasteiger partial charge >= 0.3 is 0 Å². The van der Waals surface area contributed by atoms with Crippen LogP contribution in [0.15, 0.2) is 30.5 Å². The summed E-state index contributed by atoms with van der Waals surface area (Å²) in [5, 5.41) is 15.4. The predicted molar refractivity (Wildman–Crippen MR) is 75.4 cm³/mol. The van der Waals surface area contributed by atoms with Gasteiger partial charge in [0, 0.05) is 12.7 Å². The summed E-state index contributed by atoms with van der Waals surface area (Å²) < 4.78 is 0. The lowest BCUT2D eigenvalue weighted by molar-refractivity contribution is 1.09. The maximum Gasteiger partial charge on any atom is 0.224 e. The smallest absolute Gasteiger partial charge is 0.224 e. The van der Waals surface area contributed by atoms with E-state index in [4.69, 9.17) is 0 Å². The Morgan fingerprint density at radius 2 is 2.16 bits per heavy atom. The number of nitrogens with zero attached hydrogens (tertiary/aromatic N) is 3. The summed E-state index contributed by atoms with van der Waals surface area (Å²) in [6.07, 6.45) is 1.68. The minimum atomic E-state index is 0.568. The number of hydrogen-bond donors (Lipinski definition) is 2. The molecule has 0 radical (unpaired) electrons. The quantitative estimate of drug-likeness (QED) is 0.876. The molecule has 5 heteroatoms. The van der Waals surface area contributed by atoms with Crippen LogP contribution in [0.3, 0.4) is 0 Å². The summed E-state index contributed by atoms with van der Waals surface area (Å²) in [5.74, 6) is 1.23. The van der Waals surface area contributed by atoms with Crippen molar-refractivity contribution in [3.8, 4) is 6.07 Å². The molecule has 0 amide bonds. The van der Waals surface area contributed by atoms with Gasteiger partial charge in [-0.25, -0.2) is 4.98 Å². The first-order valence-electron chi connectivity index (χ1n) is 6.08. The largest absolute Gasteiger partial charge is 0.354 e. The molecule has 2 N–H and O–H groups in total. The molecule has 0 bridgehead atoms. The van der Waals surface area contributed by atoms with Gasteiger partial charge in [-0.05, 0) is 31.5 Å². The van der Waals surface area contributed by atoms with Gasteiger partial charge in [-0.2, -0.15) is 10.2 Å². The van der Waals surface area contributed by atoms with Crippen LogP contribution in [0.4, 0.5) is 17.5 Å². The zero-order valence-electron chi connectivity index (χ0n) is 10.9. The highest BCUT2D eigenvalue weighted by Gasteiger charge is 2.06. The first kappa shape index (κ1) is 12.8. The van der Waals surface area contributed by atoms with Crippen molar-refractivity contribution in [2.45, 2.75) is 13.8 Å². The highest BCUT2D eigenvalue weighted by atomic mass is 15.1. The maximum atomic E-state index is 9.18. The van der Waals surface area contributed by atoms with E-state index in [-0.39, 0.29) is 0 Å². The summed E-state index contributed by atoms with van der Waals surface area (Å²) >= 11 is 0. The molecular weight excluding hydrogens is 238 g/mol. The summed E-state index contributed by atoms with van der Waals surface area (Å²) in [5.41, 5.74) is 2.32. The minimum absolute atomic E-state index is 0.568. The molecule has 0 fully saturated rings. The van der Waals surface area contributed by atoms with Crippen molar-refractivity contribution < 1.29 is 0 Å². The van der Waals surface area contributed by atoms with Gasteiger partial charge in [0.05, 0.1) is 11.3 Å². The molecule has 0 unspecified atom stereocenters. The van der Waals surface area contributed by atoms with Gasteiger partial charge in [-0.15, -0.1) is 0 Å². The normalized spacial score (nSPS) is 9.74. The van der Waals surface area contributed by atoms with Crippen molar-refractivity contribution in [2.24, 2.45) is 0 Å². The Labute approximate surface area is 112 Å². The van der Waals surface area contributed by atoms with Crippen LogP contribution in [0.1, 0.15) is 18.1 Å². The van der Waals surface area contributed by atoms with E-state index in [0.717, 1.165) is 17.8 Å². The molecule has 0 saturated carbocycles. The first-order valence-corrected chi connectivity index (χ1v) is 6.08. The fourth-order valence-corrected chi connectivity index (χ4v) is 1.73. The average Bonchev–Trinajstić information content (AvgIpc) is 2.40. The molecule has 1 aromatic carbocycles. The third-order valence-electron chi connectivity index (χ3n) is 2.64. The molecule has 0 aliphatic rings. The van der Waals surface area contributed by atoms with E-state index in [9.17, 15) is 5.26 Å². The SMILES string of the molecule is CCNc1nccc(Nc2cccc(C)c2C#N)n1. The second-order valence-corrected chi connectivity index (χ2v) is 4.03. The Hall–Kier alpha value is -2.61. The lowest BCUT2D eigenvalue weighted by Crippen LogP contribution is -2.04. The maximum absolute atomic E-state index is 9.18. The Morgan fingerprint density at radius 3 is 2.89 bits per heavy atom. The monoisotopic (exact) mass is 253 g/mol. The van der Waals surface area contributed by atoms with Gasteiger partial charge in [-0.1, -0.05) is 12.1 Å². The topological polar surface area (TPSA) is 73.6 Å². The Morgan fingerprint density at radius 1 is 1.32 bits per heavy atom. The molecule has 5 nitrogen and oxygen atoms in total. The Kier molecular flexibility index (Phi) is 3.94. The molecule has 0 atom stereocenters. The summed E-state index contributed by atoms with van der Waals surface area (Å²) in [6, 6.07) is 9.65. The molecule has 0 spiro atoms.